The summed E-state index contributed by atoms with van der Waals surface area (Å²) in [6.45, 7) is 4.83. The summed E-state index contributed by atoms with van der Waals surface area (Å²) in [4.78, 5) is 12.7. The van der Waals surface area contributed by atoms with E-state index in [4.69, 9.17) is 0 Å². The van der Waals surface area contributed by atoms with Gasteiger partial charge in [0.15, 0.2) is 5.78 Å². The largest absolute Gasteiger partial charge is 0.416 e. The molecule has 26 heavy (non-hydrogen) atoms. The molecule has 0 amide bonds. The molecule has 0 aliphatic rings. The molecule has 0 N–H and O–H groups in total. The minimum absolute atomic E-state index is 0.0526. The molecule has 2 rings (SSSR count). The lowest BCUT2D eigenvalue weighted by Gasteiger charge is -2.19. The zero-order chi connectivity index (χ0) is 20.0. The zero-order valence-corrected chi connectivity index (χ0v) is 14.5. The molecule has 0 saturated heterocycles. The van der Waals surface area contributed by atoms with Crippen molar-refractivity contribution in [2.24, 2.45) is 0 Å². The van der Waals surface area contributed by atoms with E-state index < -0.39 is 29.3 Å². The van der Waals surface area contributed by atoms with Gasteiger partial charge in [-0.25, -0.2) is 0 Å². The van der Waals surface area contributed by atoms with E-state index in [0.29, 0.717) is 0 Å². The first kappa shape index (κ1) is 20.0. The highest BCUT2D eigenvalue weighted by Gasteiger charge is 2.37. The minimum Gasteiger partial charge on any atom is -0.289 e. The second-order valence-corrected chi connectivity index (χ2v) is 6.18. The van der Waals surface area contributed by atoms with Gasteiger partial charge in [-0.2, -0.15) is 26.3 Å². The van der Waals surface area contributed by atoms with Crippen LogP contribution in [0.25, 0.3) is 0 Å². The van der Waals surface area contributed by atoms with Crippen LogP contribution in [0.2, 0.25) is 0 Å². The van der Waals surface area contributed by atoms with Gasteiger partial charge >= 0.3 is 12.4 Å². The lowest BCUT2D eigenvalue weighted by molar-refractivity contribution is -0.139. The Balaban J connectivity index is 2.69. The summed E-state index contributed by atoms with van der Waals surface area (Å²) in [6.07, 6.45) is -9.33. The smallest absolute Gasteiger partial charge is 0.289 e. The number of benzene rings is 2. The summed E-state index contributed by atoms with van der Waals surface area (Å²) in [5.74, 6) is -0.865. The molecule has 0 fully saturated rings. The summed E-state index contributed by atoms with van der Waals surface area (Å²) in [5, 5.41) is 0. The highest BCUT2D eigenvalue weighted by molar-refractivity contribution is 6.11. The first-order valence-corrected chi connectivity index (χ1v) is 7.66. The van der Waals surface area contributed by atoms with E-state index in [9.17, 15) is 31.1 Å². The lowest BCUT2D eigenvalue weighted by Crippen LogP contribution is -2.17. The van der Waals surface area contributed by atoms with Crippen molar-refractivity contribution in [2.75, 3.05) is 0 Å². The van der Waals surface area contributed by atoms with Crippen LogP contribution in [0.1, 0.15) is 49.3 Å². The SMILES string of the molecule is Cc1ccc(C(=O)c2ccc(C)c(C(F)(F)F)c2C)c(C)c1C(F)(F)F. The van der Waals surface area contributed by atoms with Crippen molar-refractivity contribution in [3.05, 3.63) is 68.8 Å². The highest BCUT2D eigenvalue weighted by atomic mass is 19.4. The molecule has 0 aromatic heterocycles. The topological polar surface area (TPSA) is 17.1 Å². The third kappa shape index (κ3) is 3.48. The van der Waals surface area contributed by atoms with Crippen LogP contribution >= 0.6 is 0 Å². The summed E-state index contributed by atoms with van der Waals surface area (Å²) in [5.41, 5.74) is -3.10. The van der Waals surface area contributed by atoms with Crippen LogP contribution in [0.3, 0.4) is 0 Å². The van der Waals surface area contributed by atoms with Gasteiger partial charge in [-0.3, -0.25) is 4.79 Å². The molecule has 0 saturated carbocycles. The predicted octanol–water partition coefficient (Wildman–Crippen LogP) is 6.19. The minimum atomic E-state index is -4.66. The van der Waals surface area contributed by atoms with Crippen molar-refractivity contribution in [1.82, 2.24) is 0 Å². The van der Waals surface area contributed by atoms with Gasteiger partial charge < -0.3 is 0 Å². The zero-order valence-electron chi connectivity index (χ0n) is 14.5. The first-order valence-electron chi connectivity index (χ1n) is 7.66. The molecular weight excluding hydrogens is 358 g/mol. The van der Waals surface area contributed by atoms with Gasteiger partial charge in [0.1, 0.15) is 0 Å². The first-order chi connectivity index (χ1) is 11.8. The number of alkyl halides is 6. The molecule has 0 radical (unpaired) electrons. The van der Waals surface area contributed by atoms with Gasteiger partial charge in [0.2, 0.25) is 0 Å². The third-order valence-electron chi connectivity index (χ3n) is 4.40. The molecule has 2 aromatic carbocycles. The molecule has 0 aliphatic heterocycles. The molecule has 0 heterocycles. The average Bonchev–Trinajstić information content (AvgIpc) is 2.43. The quantitative estimate of drug-likeness (QED) is 0.453. The van der Waals surface area contributed by atoms with Crippen LogP contribution in [-0.4, -0.2) is 5.78 Å². The molecule has 0 spiro atoms. The normalized spacial score (nSPS) is 12.4. The summed E-state index contributed by atoms with van der Waals surface area (Å²) in [7, 11) is 0. The maximum absolute atomic E-state index is 13.2. The van der Waals surface area contributed by atoms with E-state index in [1.165, 1.54) is 26.0 Å². The maximum atomic E-state index is 13.2. The molecule has 0 aliphatic carbocycles. The van der Waals surface area contributed by atoms with Gasteiger partial charge in [0.05, 0.1) is 11.1 Å². The summed E-state index contributed by atoms with van der Waals surface area (Å²) >= 11 is 0. The number of carbonyl (C=O) groups is 1. The van der Waals surface area contributed by atoms with E-state index in [0.717, 1.165) is 26.0 Å². The Hall–Kier alpha value is -2.31. The fraction of sp³-hybridized carbons (Fsp3) is 0.316. The molecule has 0 atom stereocenters. The molecule has 140 valence electrons. The molecular formula is C19H16F6O. The lowest BCUT2D eigenvalue weighted by atomic mass is 9.88. The Morgan fingerprint density at radius 3 is 1.23 bits per heavy atom. The number of ketones is 1. The predicted molar refractivity (Wildman–Crippen MR) is 85.3 cm³/mol. The average molecular weight is 374 g/mol. The van der Waals surface area contributed by atoms with Crippen LogP contribution in [0.15, 0.2) is 24.3 Å². The fourth-order valence-electron chi connectivity index (χ4n) is 3.20. The van der Waals surface area contributed by atoms with Crippen LogP contribution in [0.5, 0.6) is 0 Å². The van der Waals surface area contributed by atoms with Gasteiger partial charge in [-0.1, -0.05) is 24.3 Å². The van der Waals surface area contributed by atoms with Crippen molar-refractivity contribution < 1.29 is 31.1 Å². The van der Waals surface area contributed by atoms with E-state index in [1.807, 2.05) is 0 Å². The molecule has 0 unspecified atom stereocenters. The molecule has 0 bridgehead atoms. The second-order valence-electron chi connectivity index (χ2n) is 6.18. The van der Waals surface area contributed by atoms with E-state index >= 15 is 0 Å². The standard InChI is InChI=1S/C19H16F6O/c1-9-5-7-13(11(3)15(9)18(20,21)22)17(26)14-8-6-10(2)16(12(14)4)19(23,24)25/h5-8H,1-4H3. The van der Waals surface area contributed by atoms with Crippen LogP contribution in [-0.2, 0) is 12.4 Å². The van der Waals surface area contributed by atoms with Crippen molar-refractivity contribution in [3.8, 4) is 0 Å². The van der Waals surface area contributed by atoms with Gasteiger partial charge in [0.25, 0.3) is 0 Å². The number of aryl methyl sites for hydroxylation is 2. The number of hydrogen-bond donors (Lipinski definition) is 0. The summed E-state index contributed by atoms with van der Waals surface area (Å²) < 4.78 is 79.5. The monoisotopic (exact) mass is 374 g/mol. The van der Waals surface area contributed by atoms with Crippen molar-refractivity contribution in [2.45, 2.75) is 40.0 Å². The highest BCUT2D eigenvalue weighted by Crippen LogP contribution is 2.38. The molecule has 2 aromatic rings. The van der Waals surface area contributed by atoms with Gasteiger partial charge in [0, 0.05) is 11.1 Å². The third-order valence-corrected chi connectivity index (χ3v) is 4.40. The Kier molecular flexibility index (Phi) is 4.96. The van der Waals surface area contributed by atoms with Crippen LogP contribution in [0.4, 0.5) is 26.3 Å². The molecule has 7 heteroatoms. The van der Waals surface area contributed by atoms with Gasteiger partial charge in [-0.15, -0.1) is 0 Å². The number of hydrogen-bond acceptors (Lipinski definition) is 1. The Bertz CT molecular complexity index is 804. The van der Waals surface area contributed by atoms with E-state index in [-0.39, 0.29) is 33.4 Å². The van der Waals surface area contributed by atoms with Crippen LogP contribution in [0, 0.1) is 27.7 Å². The number of carbonyl (C=O) groups excluding carboxylic acids is 1. The van der Waals surface area contributed by atoms with Crippen molar-refractivity contribution >= 4 is 5.78 Å². The Morgan fingerprint density at radius 1 is 0.654 bits per heavy atom. The van der Waals surface area contributed by atoms with Crippen LogP contribution < -0.4 is 0 Å². The molecule has 1 nitrogen and oxygen atoms in total. The fourth-order valence-corrected chi connectivity index (χ4v) is 3.20. The summed E-state index contributed by atoms with van der Waals surface area (Å²) in [6, 6.07) is 4.73. The Morgan fingerprint density at radius 2 is 0.962 bits per heavy atom. The number of rotatable bonds is 2. The Labute approximate surface area is 146 Å². The van der Waals surface area contributed by atoms with E-state index in [2.05, 4.69) is 0 Å². The van der Waals surface area contributed by atoms with Crippen molar-refractivity contribution in [1.29, 1.82) is 0 Å². The van der Waals surface area contributed by atoms with Gasteiger partial charge in [-0.05, 0) is 49.9 Å². The maximum Gasteiger partial charge on any atom is 0.416 e. The van der Waals surface area contributed by atoms with E-state index in [1.54, 1.807) is 0 Å². The van der Waals surface area contributed by atoms with Crippen molar-refractivity contribution in [3.63, 3.8) is 0 Å². The second kappa shape index (κ2) is 6.45. The number of halogens is 6.